The van der Waals surface area contributed by atoms with E-state index in [2.05, 4.69) is 16.9 Å². The number of carbonyl (C=O) groups excluding carboxylic acids is 2. The molecule has 0 saturated carbocycles. The first-order valence-electron chi connectivity index (χ1n) is 8.45. The molecule has 28 heavy (non-hydrogen) atoms. The number of thioether (sulfide) groups is 1. The van der Waals surface area contributed by atoms with Crippen LogP contribution in [0.25, 0.3) is 0 Å². The van der Waals surface area contributed by atoms with E-state index < -0.39 is 11.1 Å². The number of nitrogens with zero attached hydrogens (tertiary/aromatic N) is 2. The summed E-state index contributed by atoms with van der Waals surface area (Å²) in [6.45, 7) is 3.97. The van der Waals surface area contributed by atoms with Gasteiger partial charge in [-0.05, 0) is 48.5 Å². The molecule has 1 saturated heterocycles. The van der Waals surface area contributed by atoms with E-state index in [9.17, 15) is 14.0 Å². The summed E-state index contributed by atoms with van der Waals surface area (Å²) in [4.78, 5) is 31.2. The zero-order valence-corrected chi connectivity index (χ0v) is 16.3. The van der Waals surface area contributed by atoms with Crippen LogP contribution < -0.4 is 5.32 Å². The SMILES string of the molecule is C=CCN1C(=O)C[C@@H](C(=O)Nc2ccc(F)cc2)SC1=Nc1ccc(Cl)cc1. The predicted molar refractivity (Wildman–Crippen MR) is 111 cm³/mol. The van der Waals surface area contributed by atoms with Crippen LogP contribution in [0, 0.1) is 5.82 Å². The van der Waals surface area contributed by atoms with Gasteiger partial charge in [-0.2, -0.15) is 0 Å². The first kappa shape index (κ1) is 20.1. The minimum Gasteiger partial charge on any atom is -0.325 e. The van der Waals surface area contributed by atoms with Crippen LogP contribution in [0.5, 0.6) is 0 Å². The molecule has 1 aliphatic heterocycles. The lowest BCUT2D eigenvalue weighted by molar-refractivity contribution is -0.129. The van der Waals surface area contributed by atoms with Gasteiger partial charge in [0.05, 0.1) is 5.69 Å². The van der Waals surface area contributed by atoms with E-state index in [0.29, 0.717) is 28.1 Å². The molecule has 0 aliphatic carbocycles. The van der Waals surface area contributed by atoms with Gasteiger partial charge in [0.15, 0.2) is 5.17 Å². The van der Waals surface area contributed by atoms with E-state index in [1.54, 1.807) is 30.3 Å². The average molecular weight is 418 g/mol. The molecule has 0 bridgehead atoms. The number of rotatable bonds is 5. The highest BCUT2D eigenvalue weighted by Crippen LogP contribution is 2.30. The van der Waals surface area contributed by atoms with Crippen LogP contribution in [0.3, 0.4) is 0 Å². The van der Waals surface area contributed by atoms with E-state index in [-0.39, 0.29) is 18.2 Å². The zero-order valence-electron chi connectivity index (χ0n) is 14.8. The second-order valence-corrected chi connectivity index (χ2v) is 7.58. The summed E-state index contributed by atoms with van der Waals surface area (Å²) in [7, 11) is 0. The number of carbonyl (C=O) groups is 2. The van der Waals surface area contributed by atoms with Crippen LogP contribution >= 0.6 is 23.4 Å². The Morgan fingerprint density at radius 1 is 1.29 bits per heavy atom. The number of benzene rings is 2. The first-order valence-corrected chi connectivity index (χ1v) is 9.70. The quantitative estimate of drug-likeness (QED) is 0.722. The van der Waals surface area contributed by atoms with Crippen molar-refractivity contribution in [1.29, 1.82) is 0 Å². The van der Waals surface area contributed by atoms with Crippen molar-refractivity contribution in [2.24, 2.45) is 4.99 Å². The number of hydrogen-bond acceptors (Lipinski definition) is 4. The maximum atomic E-state index is 13.0. The Morgan fingerprint density at radius 2 is 1.96 bits per heavy atom. The number of halogens is 2. The van der Waals surface area contributed by atoms with Gasteiger partial charge in [0.25, 0.3) is 0 Å². The average Bonchev–Trinajstić information content (AvgIpc) is 2.68. The summed E-state index contributed by atoms with van der Waals surface area (Å²) < 4.78 is 13.0. The fourth-order valence-electron chi connectivity index (χ4n) is 2.53. The highest BCUT2D eigenvalue weighted by molar-refractivity contribution is 8.15. The Morgan fingerprint density at radius 3 is 2.61 bits per heavy atom. The van der Waals surface area contributed by atoms with E-state index in [4.69, 9.17) is 11.6 Å². The van der Waals surface area contributed by atoms with Crippen molar-refractivity contribution in [2.75, 3.05) is 11.9 Å². The van der Waals surface area contributed by atoms with Crippen LogP contribution in [-0.4, -0.2) is 33.7 Å². The maximum Gasteiger partial charge on any atom is 0.238 e. The van der Waals surface area contributed by atoms with Crippen molar-refractivity contribution in [2.45, 2.75) is 11.7 Å². The second kappa shape index (κ2) is 9.03. The lowest BCUT2D eigenvalue weighted by atomic mass is 10.2. The fraction of sp³-hybridized carbons (Fsp3) is 0.150. The molecule has 0 radical (unpaired) electrons. The number of anilines is 1. The van der Waals surface area contributed by atoms with Gasteiger partial charge < -0.3 is 5.32 Å². The second-order valence-electron chi connectivity index (χ2n) is 5.97. The standard InChI is InChI=1S/C20H17ClFN3O2S/c1-2-11-25-18(26)12-17(19(27)23-15-9-5-14(22)6-10-15)28-20(25)24-16-7-3-13(21)4-8-16/h2-10,17H,1,11-12H2,(H,23,27)/t17-/m0/s1. The van der Waals surface area contributed by atoms with Gasteiger partial charge in [-0.1, -0.05) is 29.4 Å². The summed E-state index contributed by atoms with van der Waals surface area (Å²) >= 11 is 7.10. The first-order chi connectivity index (χ1) is 13.5. The normalized spacial score (nSPS) is 18.2. The Hall–Kier alpha value is -2.64. The van der Waals surface area contributed by atoms with Crippen LogP contribution in [-0.2, 0) is 9.59 Å². The van der Waals surface area contributed by atoms with Crippen LogP contribution in [0.2, 0.25) is 5.02 Å². The van der Waals surface area contributed by atoms with Crippen molar-refractivity contribution in [3.05, 3.63) is 72.0 Å². The Bertz CT molecular complexity index is 916. The molecule has 5 nitrogen and oxygen atoms in total. The van der Waals surface area contributed by atoms with Crippen LogP contribution in [0.4, 0.5) is 15.8 Å². The van der Waals surface area contributed by atoms with Gasteiger partial charge >= 0.3 is 0 Å². The molecule has 1 aliphatic rings. The molecule has 1 atom stereocenters. The Labute approximate surface area is 171 Å². The van der Waals surface area contributed by atoms with Gasteiger partial charge in [0.2, 0.25) is 11.8 Å². The van der Waals surface area contributed by atoms with Gasteiger partial charge in [-0.15, -0.1) is 6.58 Å². The van der Waals surface area contributed by atoms with Gasteiger partial charge in [0, 0.05) is 23.7 Å². The Balaban J connectivity index is 1.81. The molecule has 2 aromatic rings. The largest absolute Gasteiger partial charge is 0.325 e. The molecule has 0 spiro atoms. The van der Waals surface area contributed by atoms with Crippen molar-refractivity contribution in [3.8, 4) is 0 Å². The minimum absolute atomic E-state index is 0.0329. The van der Waals surface area contributed by atoms with Crippen LogP contribution in [0.1, 0.15) is 6.42 Å². The van der Waals surface area contributed by atoms with Gasteiger partial charge in [-0.25, -0.2) is 9.38 Å². The Kier molecular flexibility index (Phi) is 6.49. The summed E-state index contributed by atoms with van der Waals surface area (Å²) in [5.74, 6) is -0.949. The monoisotopic (exact) mass is 417 g/mol. The molecule has 144 valence electrons. The molecular formula is C20H17ClFN3O2S. The van der Waals surface area contributed by atoms with Gasteiger partial charge in [-0.3, -0.25) is 14.5 Å². The lowest BCUT2D eigenvalue weighted by Gasteiger charge is -2.31. The third kappa shape index (κ3) is 4.99. The molecule has 2 aromatic carbocycles. The van der Waals surface area contributed by atoms with Crippen LogP contribution in [0.15, 0.2) is 66.2 Å². The molecule has 0 unspecified atom stereocenters. The molecule has 2 amide bonds. The summed E-state index contributed by atoms with van der Waals surface area (Å²) in [6.07, 6.45) is 1.64. The molecule has 8 heteroatoms. The number of amidine groups is 1. The van der Waals surface area contributed by atoms with E-state index in [1.165, 1.54) is 40.9 Å². The van der Waals surface area contributed by atoms with Gasteiger partial charge in [0.1, 0.15) is 11.1 Å². The van der Waals surface area contributed by atoms with Crippen molar-refractivity contribution < 1.29 is 14.0 Å². The van der Waals surface area contributed by atoms with Crippen molar-refractivity contribution >= 4 is 51.7 Å². The van der Waals surface area contributed by atoms with E-state index in [1.807, 2.05) is 0 Å². The number of aliphatic imine (C=N–C) groups is 1. The predicted octanol–water partition coefficient (Wildman–Crippen LogP) is 4.63. The topological polar surface area (TPSA) is 61.8 Å². The smallest absolute Gasteiger partial charge is 0.238 e. The number of hydrogen-bond donors (Lipinski definition) is 1. The van der Waals surface area contributed by atoms with Crippen molar-refractivity contribution in [1.82, 2.24) is 4.90 Å². The zero-order chi connectivity index (χ0) is 20.1. The van der Waals surface area contributed by atoms with E-state index in [0.717, 1.165) is 0 Å². The molecular weight excluding hydrogens is 401 g/mol. The fourth-order valence-corrected chi connectivity index (χ4v) is 3.77. The summed E-state index contributed by atoms with van der Waals surface area (Å²) in [5.41, 5.74) is 1.08. The lowest BCUT2D eigenvalue weighted by Crippen LogP contribution is -2.45. The summed E-state index contributed by atoms with van der Waals surface area (Å²) in [5, 5.41) is 3.05. The number of amides is 2. The third-order valence-electron chi connectivity index (χ3n) is 3.91. The molecule has 1 N–H and O–H groups in total. The molecule has 0 aromatic heterocycles. The van der Waals surface area contributed by atoms with Crippen molar-refractivity contribution in [3.63, 3.8) is 0 Å². The highest BCUT2D eigenvalue weighted by atomic mass is 35.5. The molecule has 3 rings (SSSR count). The molecule has 1 fully saturated rings. The number of nitrogens with one attached hydrogen (secondary N) is 1. The highest BCUT2D eigenvalue weighted by Gasteiger charge is 2.35. The summed E-state index contributed by atoms with van der Waals surface area (Å²) in [6, 6.07) is 12.3. The molecule has 1 heterocycles. The minimum atomic E-state index is -0.648. The maximum absolute atomic E-state index is 13.0. The third-order valence-corrected chi connectivity index (χ3v) is 5.35. The van der Waals surface area contributed by atoms with E-state index >= 15 is 0 Å².